The van der Waals surface area contributed by atoms with E-state index >= 15 is 0 Å². The molecule has 3 nitrogen and oxygen atoms in total. The highest BCUT2D eigenvalue weighted by atomic mass is 127. The number of rotatable bonds is 2. The Morgan fingerprint density at radius 2 is 2.21 bits per heavy atom. The van der Waals surface area contributed by atoms with Crippen LogP contribution < -0.4 is 5.73 Å². The Kier molecular flexibility index (Phi) is 7.13. The monoisotopic (exact) mass is 437 g/mol. The van der Waals surface area contributed by atoms with Gasteiger partial charge in [0.25, 0.3) is 0 Å². The molecule has 106 valence electrons. The summed E-state index contributed by atoms with van der Waals surface area (Å²) in [5, 5.41) is 0. The molecular formula is C14H21BrIN3. The number of likely N-dealkylation sites (tertiary alicyclic amines) is 1. The highest BCUT2D eigenvalue weighted by molar-refractivity contribution is 14.0. The molecule has 0 radical (unpaired) electrons. The third-order valence-electron chi connectivity index (χ3n) is 3.35. The standard InChI is InChI=1S/C14H20BrN3.HI/c1-11-5-4-8-18(10-11)14(16)17-9-12-6-2-3-7-13(12)15;/h2-3,6-7,11H,4-5,8-10H2,1H3,(H2,16,17);1H. The Morgan fingerprint density at radius 1 is 1.47 bits per heavy atom. The van der Waals surface area contributed by atoms with Gasteiger partial charge in [-0.25, -0.2) is 4.99 Å². The fourth-order valence-corrected chi connectivity index (χ4v) is 2.70. The Labute approximate surface area is 140 Å². The van der Waals surface area contributed by atoms with Crippen molar-refractivity contribution in [3.8, 4) is 0 Å². The van der Waals surface area contributed by atoms with Gasteiger partial charge in [0, 0.05) is 17.6 Å². The van der Waals surface area contributed by atoms with Crippen molar-refractivity contribution in [2.75, 3.05) is 13.1 Å². The lowest BCUT2D eigenvalue weighted by atomic mass is 10.0. The van der Waals surface area contributed by atoms with Crippen molar-refractivity contribution in [1.82, 2.24) is 4.90 Å². The van der Waals surface area contributed by atoms with Crippen LogP contribution in [0.5, 0.6) is 0 Å². The van der Waals surface area contributed by atoms with Crippen LogP contribution in [-0.2, 0) is 6.54 Å². The third-order valence-corrected chi connectivity index (χ3v) is 4.12. The number of hydrogen-bond acceptors (Lipinski definition) is 1. The van der Waals surface area contributed by atoms with E-state index in [1.165, 1.54) is 18.4 Å². The second kappa shape index (κ2) is 8.09. The van der Waals surface area contributed by atoms with E-state index in [9.17, 15) is 0 Å². The number of benzene rings is 1. The third kappa shape index (κ3) is 4.95. The highest BCUT2D eigenvalue weighted by Crippen LogP contribution is 2.18. The molecule has 19 heavy (non-hydrogen) atoms. The molecule has 1 aliphatic rings. The van der Waals surface area contributed by atoms with Gasteiger partial charge in [-0.2, -0.15) is 0 Å². The fraction of sp³-hybridized carbons (Fsp3) is 0.500. The molecule has 0 spiro atoms. The molecule has 1 saturated heterocycles. The molecule has 1 atom stereocenters. The minimum Gasteiger partial charge on any atom is -0.370 e. The van der Waals surface area contributed by atoms with Gasteiger partial charge in [0.2, 0.25) is 0 Å². The van der Waals surface area contributed by atoms with E-state index in [1.54, 1.807) is 0 Å². The summed E-state index contributed by atoms with van der Waals surface area (Å²) >= 11 is 3.53. The maximum absolute atomic E-state index is 6.07. The van der Waals surface area contributed by atoms with Gasteiger partial charge in [-0.05, 0) is 30.4 Å². The van der Waals surface area contributed by atoms with Gasteiger partial charge in [0.15, 0.2) is 5.96 Å². The second-order valence-corrected chi connectivity index (χ2v) is 5.81. The van der Waals surface area contributed by atoms with Crippen molar-refractivity contribution in [2.45, 2.75) is 26.3 Å². The molecule has 1 aromatic rings. The van der Waals surface area contributed by atoms with Crippen LogP contribution in [0.1, 0.15) is 25.3 Å². The number of halogens is 2. The molecule has 0 aromatic heterocycles. The molecule has 1 aliphatic heterocycles. The van der Waals surface area contributed by atoms with E-state index in [1.807, 2.05) is 18.2 Å². The summed E-state index contributed by atoms with van der Waals surface area (Å²) in [6.45, 7) is 4.98. The average molecular weight is 438 g/mol. The van der Waals surface area contributed by atoms with Gasteiger partial charge in [0.05, 0.1) is 6.54 Å². The molecule has 1 fully saturated rings. The van der Waals surface area contributed by atoms with Crippen LogP contribution in [0.2, 0.25) is 0 Å². The topological polar surface area (TPSA) is 41.6 Å². The minimum absolute atomic E-state index is 0. The summed E-state index contributed by atoms with van der Waals surface area (Å²) in [5.74, 6) is 1.40. The molecule has 0 aliphatic carbocycles. The lowest BCUT2D eigenvalue weighted by Crippen LogP contribution is -2.43. The summed E-state index contributed by atoms with van der Waals surface area (Å²) in [6, 6.07) is 8.13. The van der Waals surface area contributed by atoms with E-state index in [2.05, 4.69) is 38.8 Å². The zero-order valence-corrected chi connectivity index (χ0v) is 15.1. The van der Waals surface area contributed by atoms with E-state index in [0.717, 1.165) is 23.5 Å². The van der Waals surface area contributed by atoms with Crippen LogP contribution in [0, 0.1) is 5.92 Å². The Balaban J connectivity index is 0.00000180. The van der Waals surface area contributed by atoms with Gasteiger partial charge in [-0.15, -0.1) is 24.0 Å². The van der Waals surface area contributed by atoms with Crippen molar-refractivity contribution < 1.29 is 0 Å². The fourth-order valence-electron chi connectivity index (χ4n) is 2.29. The van der Waals surface area contributed by atoms with Crippen LogP contribution >= 0.6 is 39.9 Å². The first-order chi connectivity index (χ1) is 8.66. The van der Waals surface area contributed by atoms with Crippen molar-refractivity contribution >= 4 is 45.9 Å². The van der Waals surface area contributed by atoms with Gasteiger partial charge in [-0.1, -0.05) is 41.1 Å². The highest BCUT2D eigenvalue weighted by Gasteiger charge is 2.17. The van der Waals surface area contributed by atoms with E-state index < -0.39 is 0 Å². The summed E-state index contributed by atoms with van der Waals surface area (Å²) < 4.78 is 1.09. The zero-order valence-electron chi connectivity index (χ0n) is 11.2. The van der Waals surface area contributed by atoms with Crippen LogP contribution in [0.3, 0.4) is 0 Å². The normalized spacial score (nSPS) is 20.0. The summed E-state index contributed by atoms with van der Waals surface area (Å²) in [6.07, 6.45) is 2.51. The molecule has 2 rings (SSSR count). The molecule has 1 aromatic carbocycles. The Hall–Kier alpha value is -0.300. The van der Waals surface area contributed by atoms with Crippen LogP contribution in [0.15, 0.2) is 33.7 Å². The quantitative estimate of drug-likeness (QED) is 0.436. The molecule has 1 heterocycles. The number of guanidine groups is 1. The lowest BCUT2D eigenvalue weighted by Gasteiger charge is -2.31. The van der Waals surface area contributed by atoms with Crippen LogP contribution in [0.25, 0.3) is 0 Å². The Morgan fingerprint density at radius 3 is 2.89 bits per heavy atom. The molecule has 1 unspecified atom stereocenters. The summed E-state index contributed by atoms with van der Waals surface area (Å²) in [7, 11) is 0. The molecule has 0 bridgehead atoms. The number of aliphatic imine (C=N–C) groups is 1. The minimum atomic E-state index is 0. The summed E-state index contributed by atoms with van der Waals surface area (Å²) in [5.41, 5.74) is 7.24. The van der Waals surface area contributed by atoms with Crippen LogP contribution in [-0.4, -0.2) is 23.9 Å². The van der Waals surface area contributed by atoms with E-state index in [4.69, 9.17) is 5.73 Å². The molecular weight excluding hydrogens is 417 g/mol. The molecule has 5 heteroatoms. The van der Waals surface area contributed by atoms with Gasteiger partial charge < -0.3 is 10.6 Å². The van der Waals surface area contributed by atoms with Crippen molar-refractivity contribution in [3.05, 3.63) is 34.3 Å². The van der Waals surface area contributed by atoms with E-state index in [0.29, 0.717) is 12.5 Å². The molecule has 2 N–H and O–H groups in total. The number of hydrogen-bond donors (Lipinski definition) is 1. The Bertz CT molecular complexity index is 436. The van der Waals surface area contributed by atoms with E-state index in [-0.39, 0.29) is 24.0 Å². The smallest absolute Gasteiger partial charge is 0.191 e. The molecule has 0 saturated carbocycles. The lowest BCUT2D eigenvalue weighted by molar-refractivity contribution is 0.270. The maximum atomic E-state index is 6.07. The number of piperidine rings is 1. The van der Waals surface area contributed by atoms with Gasteiger partial charge >= 0.3 is 0 Å². The second-order valence-electron chi connectivity index (χ2n) is 4.96. The zero-order chi connectivity index (χ0) is 13.0. The number of nitrogens with two attached hydrogens (primary N) is 1. The SMILES string of the molecule is CC1CCCN(C(N)=NCc2ccccc2Br)C1.I. The van der Waals surface area contributed by atoms with Crippen molar-refractivity contribution in [1.29, 1.82) is 0 Å². The van der Waals surface area contributed by atoms with Crippen molar-refractivity contribution in [2.24, 2.45) is 16.6 Å². The largest absolute Gasteiger partial charge is 0.370 e. The van der Waals surface area contributed by atoms with Gasteiger partial charge in [-0.3, -0.25) is 0 Å². The average Bonchev–Trinajstić information content (AvgIpc) is 2.37. The molecule has 0 amide bonds. The van der Waals surface area contributed by atoms with Crippen molar-refractivity contribution in [3.63, 3.8) is 0 Å². The first-order valence-electron chi connectivity index (χ1n) is 6.45. The summed E-state index contributed by atoms with van der Waals surface area (Å²) in [4.78, 5) is 6.70. The first kappa shape index (κ1) is 16.8. The number of nitrogens with zero attached hydrogens (tertiary/aromatic N) is 2. The maximum Gasteiger partial charge on any atom is 0.191 e. The van der Waals surface area contributed by atoms with Gasteiger partial charge in [0.1, 0.15) is 0 Å². The van der Waals surface area contributed by atoms with Crippen LogP contribution in [0.4, 0.5) is 0 Å². The predicted molar refractivity (Wildman–Crippen MR) is 94.9 cm³/mol. The predicted octanol–water partition coefficient (Wildman–Crippen LogP) is 3.61. The first-order valence-corrected chi connectivity index (χ1v) is 7.24.